The highest BCUT2D eigenvalue weighted by Crippen LogP contribution is 2.28. The molecule has 0 aliphatic carbocycles. The van der Waals surface area contributed by atoms with Crippen LogP contribution in [0.1, 0.15) is 11.5 Å². The summed E-state index contributed by atoms with van der Waals surface area (Å²) in [6, 6.07) is 21.5. The molecular weight excluding hydrogens is 520 g/mol. The van der Waals surface area contributed by atoms with E-state index in [2.05, 4.69) is 5.10 Å². The summed E-state index contributed by atoms with van der Waals surface area (Å²) in [5.41, 5.74) is 2.66. The second-order valence-electron chi connectivity index (χ2n) is 8.56. The number of furan rings is 2. The van der Waals surface area contributed by atoms with Gasteiger partial charge in [0.1, 0.15) is 16.2 Å². The van der Waals surface area contributed by atoms with Crippen LogP contribution in [0.5, 0.6) is 0 Å². The second-order valence-corrected chi connectivity index (χ2v) is 9.40. The Morgan fingerprint density at radius 1 is 1.03 bits per heavy atom. The van der Waals surface area contributed by atoms with Gasteiger partial charge in [-0.15, -0.1) is 11.3 Å². The Morgan fingerprint density at radius 2 is 1.79 bits per heavy atom. The van der Waals surface area contributed by atoms with Gasteiger partial charge >= 0.3 is 5.88 Å². The lowest BCUT2D eigenvalue weighted by Crippen LogP contribution is -2.19. The van der Waals surface area contributed by atoms with Crippen molar-refractivity contribution in [3.63, 3.8) is 0 Å². The molecule has 0 fully saturated rings. The van der Waals surface area contributed by atoms with Crippen molar-refractivity contribution in [3.8, 4) is 17.1 Å². The molecule has 0 aliphatic rings. The molecule has 0 unspecified atom stereocenters. The van der Waals surface area contributed by atoms with Gasteiger partial charge in [0.05, 0.1) is 23.7 Å². The van der Waals surface area contributed by atoms with Crippen molar-refractivity contribution in [1.82, 2.24) is 14.0 Å². The van der Waals surface area contributed by atoms with Crippen molar-refractivity contribution in [2.45, 2.75) is 6.92 Å². The Bertz CT molecular complexity index is 1970. The minimum atomic E-state index is -0.619. The zero-order valence-electron chi connectivity index (χ0n) is 20.7. The van der Waals surface area contributed by atoms with E-state index in [4.69, 9.17) is 13.8 Å². The average molecular weight is 541 g/mol. The number of rotatable bonds is 6. The highest BCUT2D eigenvalue weighted by molar-refractivity contribution is 7.07. The van der Waals surface area contributed by atoms with Gasteiger partial charge in [0.25, 0.3) is 5.56 Å². The number of para-hydroxylation sites is 2. The monoisotopic (exact) mass is 540 g/mol. The summed E-state index contributed by atoms with van der Waals surface area (Å²) in [6.07, 6.45) is 1.35. The third-order valence-electron chi connectivity index (χ3n) is 6.19. The standard InChI is InChI=1S/C27H20N6O5S/c1-17-25(26(34)32(30(17)2)19-9-4-3-5-10-19)29-27-31(28-15-20-12-13-24(37-20)33(35)36)21(16-39-27)23-14-18-8-6-7-11-22(18)38-23/h3-16H,1-2H3. The van der Waals surface area contributed by atoms with Gasteiger partial charge in [0, 0.05) is 17.8 Å². The van der Waals surface area contributed by atoms with E-state index in [0.29, 0.717) is 33.2 Å². The summed E-state index contributed by atoms with van der Waals surface area (Å²) in [6.45, 7) is 1.82. The molecule has 6 aromatic rings. The maximum atomic E-state index is 13.5. The van der Waals surface area contributed by atoms with E-state index < -0.39 is 10.8 Å². The number of hydrogen-bond acceptors (Lipinski definition) is 8. The van der Waals surface area contributed by atoms with Crippen molar-refractivity contribution in [2.24, 2.45) is 17.1 Å². The highest BCUT2D eigenvalue weighted by Gasteiger charge is 2.18. The molecule has 0 saturated heterocycles. The molecule has 0 bridgehead atoms. The number of aromatic nitrogens is 3. The van der Waals surface area contributed by atoms with Crippen molar-refractivity contribution in [1.29, 1.82) is 0 Å². The Labute approximate surface area is 223 Å². The van der Waals surface area contributed by atoms with Crippen LogP contribution in [0.2, 0.25) is 0 Å². The Morgan fingerprint density at radius 3 is 2.54 bits per heavy atom. The molecule has 6 rings (SSSR count). The summed E-state index contributed by atoms with van der Waals surface area (Å²) < 4.78 is 16.1. The van der Waals surface area contributed by atoms with Crippen LogP contribution in [0.25, 0.3) is 28.1 Å². The SMILES string of the molecule is Cc1c(N=c2scc(-c3cc4ccccc4o3)n2N=Cc2ccc([N+](=O)[O-])o2)c(=O)n(-c2ccccc2)n1C. The third-order valence-corrected chi connectivity index (χ3v) is 7.00. The van der Waals surface area contributed by atoms with Crippen LogP contribution >= 0.6 is 11.3 Å². The zero-order valence-corrected chi connectivity index (χ0v) is 21.5. The minimum Gasteiger partial charge on any atom is -0.454 e. The fourth-order valence-electron chi connectivity index (χ4n) is 4.17. The highest BCUT2D eigenvalue weighted by atomic mass is 32.1. The number of thiazole rings is 1. The lowest BCUT2D eigenvalue weighted by Gasteiger charge is -2.07. The molecule has 0 spiro atoms. The van der Waals surface area contributed by atoms with Crippen molar-refractivity contribution in [2.75, 3.05) is 0 Å². The van der Waals surface area contributed by atoms with Crippen LogP contribution in [0.15, 0.2) is 102 Å². The van der Waals surface area contributed by atoms with Gasteiger partial charge in [-0.2, -0.15) is 5.10 Å². The van der Waals surface area contributed by atoms with E-state index in [0.717, 1.165) is 5.39 Å². The predicted octanol–water partition coefficient (Wildman–Crippen LogP) is 5.38. The number of fused-ring (bicyclic) bond motifs is 1. The molecule has 4 heterocycles. The average Bonchev–Trinajstić information content (AvgIpc) is 3.71. The number of nitro groups is 1. The molecule has 0 saturated carbocycles. The maximum Gasteiger partial charge on any atom is 0.433 e. The Balaban J connectivity index is 1.53. The number of benzene rings is 2. The molecular formula is C27H20N6O5S. The van der Waals surface area contributed by atoms with Crippen molar-refractivity contribution < 1.29 is 13.8 Å². The first-order valence-electron chi connectivity index (χ1n) is 11.8. The van der Waals surface area contributed by atoms with Gasteiger partial charge in [-0.1, -0.05) is 36.4 Å². The molecule has 0 N–H and O–H groups in total. The third kappa shape index (κ3) is 4.32. The summed E-state index contributed by atoms with van der Waals surface area (Å²) in [7, 11) is 1.80. The predicted molar refractivity (Wildman–Crippen MR) is 147 cm³/mol. The van der Waals surface area contributed by atoms with E-state index in [1.165, 1.54) is 34.4 Å². The fourth-order valence-corrected chi connectivity index (χ4v) is 4.99. The van der Waals surface area contributed by atoms with Gasteiger partial charge in [-0.25, -0.2) is 14.4 Å². The summed E-state index contributed by atoms with van der Waals surface area (Å²) in [5.74, 6) is 0.336. The Hall–Kier alpha value is -5.23. The Kier molecular flexibility index (Phi) is 5.92. The summed E-state index contributed by atoms with van der Waals surface area (Å²) in [4.78, 5) is 29.0. The molecule has 11 nitrogen and oxygen atoms in total. The summed E-state index contributed by atoms with van der Waals surface area (Å²) >= 11 is 1.28. The second kappa shape index (κ2) is 9.58. The topological polar surface area (TPSA) is 126 Å². The zero-order chi connectivity index (χ0) is 27.1. The fraction of sp³-hybridized carbons (Fsp3) is 0.0741. The number of hydrogen-bond donors (Lipinski definition) is 0. The first kappa shape index (κ1) is 24.1. The normalized spacial score (nSPS) is 12.2. The molecule has 12 heteroatoms. The van der Waals surface area contributed by atoms with Crippen LogP contribution in [0, 0.1) is 17.0 Å². The minimum absolute atomic E-state index is 0.184. The summed E-state index contributed by atoms with van der Waals surface area (Å²) in [5, 5.41) is 18.3. The van der Waals surface area contributed by atoms with E-state index in [-0.39, 0.29) is 17.0 Å². The van der Waals surface area contributed by atoms with Gasteiger partial charge in [-0.05, 0) is 37.3 Å². The molecule has 2 aromatic carbocycles. The lowest BCUT2D eigenvalue weighted by molar-refractivity contribution is -0.402. The largest absolute Gasteiger partial charge is 0.454 e. The molecule has 0 atom stereocenters. The van der Waals surface area contributed by atoms with E-state index in [1.54, 1.807) is 16.4 Å². The van der Waals surface area contributed by atoms with Crippen LogP contribution in [-0.4, -0.2) is 25.2 Å². The van der Waals surface area contributed by atoms with Crippen LogP contribution in [-0.2, 0) is 7.05 Å². The molecule has 0 amide bonds. The molecule has 194 valence electrons. The molecule has 39 heavy (non-hydrogen) atoms. The first-order valence-corrected chi connectivity index (χ1v) is 12.7. The van der Waals surface area contributed by atoms with Crippen LogP contribution < -0.4 is 10.4 Å². The van der Waals surface area contributed by atoms with E-state index in [1.807, 2.05) is 73.0 Å². The van der Waals surface area contributed by atoms with Crippen molar-refractivity contribution in [3.05, 3.63) is 115 Å². The lowest BCUT2D eigenvalue weighted by atomic mass is 10.2. The van der Waals surface area contributed by atoms with E-state index >= 15 is 0 Å². The van der Waals surface area contributed by atoms with Crippen LogP contribution in [0.4, 0.5) is 11.6 Å². The first-order chi connectivity index (χ1) is 18.9. The smallest absolute Gasteiger partial charge is 0.433 e. The maximum absolute atomic E-state index is 13.5. The molecule has 4 aromatic heterocycles. The molecule has 0 aliphatic heterocycles. The van der Waals surface area contributed by atoms with Crippen LogP contribution in [0.3, 0.4) is 0 Å². The van der Waals surface area contributed by atoms with Gasteiger partial charge < -0.3 is 8.83 Å². The van der Waals surface area contributed by atoms with Gasteiger partial charge in [0.2, 0.25) is 4.80 Å². The van der Waals surface area contributed by atoms with Gasteiger partial charge in [0.15, 0.2) is 17.2 Å². The van der Waals surface area contributed by atoms with Gasteiger partial charge in [-0.3, -0.25) is 19.6 Å². The van der Waals surface area contributed by atoms with E-state index in [9.17, 15) is 14.9 Å². The quantitative estimate of drug-likeness (QED) is 0.159. The number of nitrogens with zero attached hydrogens (tertiary/aromatic N) is 6. The van der Waals surface area contributed by atoms with Crippen molar-refractivity contribution >= 4 is 40.1 Å². The molecule has 0 radical (unpaired) electrons.